The average Bonchev–Trinajstić information content (AvgIpc) is 3.09. The minimum atomic E-state index is -0.280. The maximum absolute atomic E-state index is 12.4. The van der Waals surface area contributed by atoms with Crippen LogP contribution in [0.1, 0.15) is 56.3 Å². The Morgan fingerprint density at radius 3 is 2.74 bits per heavy atom. The Morgan fingerprint density at radius 1 is 1.19 bits per heavy atom. The third-order valence-electron chi connectivity index (χ3n) is 5.81. The fraction of sp³-hybridized carbons (Fsp3) is 0.550. The van der Waals surface area contributed by atoms with Gasteiger partial charge in [0.2, 0.25) is 5.91 Å². The number of hydrogen-bond donors (Lipinski definition) is 3. The van der Waals surface area contributed by atoms with Gasteiger partial charge in [-0.05, 0) is 55.1 Å². The van der Waals surface area contributed by atoms with E-state index < -0.39 is 0 Å². The summed E-state index contributed by atoms with van der Waals surface area (Å²) in [6.45, 7) is 5.22. The molecule has 1 aromatic carbocycles. The van der Waals surface area contributed by atoms with E-state index >= 15 is 0 Å². The fourth-order valence-corrected chi connectivity index (χ4v) is 4.11. The van der Waals surface area contributed by atoms with Gasteiger partial charge in [0.15, 0.2) is 5.11 Å². The molecular weight excluding hydrogens is 360 g/mol. The van der Waals surface area contributed by atoms with Gasteiger partial charge in [0.25, 0.3) is 5.91 Å². The molecule has 6 nitrogen and oxygen atoms in total. The van der Waals surface area contributed by atoms with Crippen LogP contribution in [0.25, 0.3) is 0 Å². The second-order valence-corrected chi connectivity index (χ2v) is 8.03. The molecule has 0 aromatic heterocycles. The van der Waals surface area contributed by atoms with Crippen LogP contribution in [0.3, 0.4) is 0 Å². The van der Waals surface area contributed by atoms with Crippen LogP contribution in [0.4, 0.5) is 5.69 Å². The summed E-state index contributed by atoms with van der Waals surface area (Å²) in [5.74, 6) is 1.04. The van der Waals surface area contributed by atoms with Gasteiger partial charge in [-0.2, -0.15) is 0 Å². The molecule has 1 aromatic rings. The Hall–Kier alpha value is -2.15. The number of nitrogens with one attached hydrogen (secondary N) is 3. The summed E-state index contributed by atoms with van der Waals surface area (Å²) in [6.07, 6.45) is 4.96. The highest BCUT2D eigenvalue weighted by molar-refractivity contribution is 7.80. The standard InChI is InChI=1S/C20H28N4O2S/c1-13-6-3-9-17(14(13)2)21-20(27)23-22-19(26)15-7-4-8-16(12-15)24-11-5-10-18(24)25/h4,7-8,12-14,17H,3,5-6,9-11H2,1-2H3,(H,22,26)(H2,21,23,27)/t13-,14-,17-/m1/s1. The highest BCUT2D eigenvalue weighted by Crippen LogP contribution is 2.29. The molecule has 3 N–H and O–H groups in total. The molecule has 2 amide bonds. The van der Waals surface area contributed by atoms with Crippen molar-refractivity contribution in [3.63, 3.8) is 0 Å². The molecule has 7 heteroatoms. The number of benzene rings is 1. The summed E-state index contributed by atoms with van der Waals surface area (Å²) >= 11 is 5.33. The maximum Gasteiger partial charge on any atom is 0.269 e. The first-order chi connectivity index (χ1) is 13.0. The van der Waals surface area contributed by atoms with Crippen LogP contribution in [0.15, 0.2) is 24.3 Å². The maximum atomic E-state index is 12.4. The molecule has 146 valence electrons. The molecule has 0 spiro atoms. The van der Waals surface area contributed by atoms with Gasteiger partial charge in [0, 0.05) is 30.3 Å². The molecule has 0 radical (unpaired) electrons. The Labute approximate surface area is 166 Å². The Bertz CT molecular complexity index is 724. The van der Waals surface area contributed by atoms with Gasteiger partial charge >= 0.3 is 0 Å². The smallest absolute Gasteiger partial charge is 0.269 e. The molecule has 3 atom stereocenters. The monoisotopic (exact) mass is 388 g/mol. The lowest BCUT2D eigenvalue weighted by molar-refractivity contribution is -0.117. The minimum Gasteiger partial charge on any atom is -0.358 e. The van der Waals surface area contributed by atoms with Crippen LogP contribution in [-0.4, -0.2) is 29.5 Å². The summed E-state index contributed by atoms with van der Waals surface area (Å²) in [7, 11) is 0. The number of hydrazine groups is 1. The molecule has 2 aliphatic rings. The lowest BCUT2D eigenvalue weighted by atomic mass is 9.78. The normalized spacial score (nSPS) is 25.2. The topological polar surface area (TPSA) is 73.5 Å². The van der Waals surface area contributed by atoms with E-state index in [1.54, 1.807) is 23.1 Å². The van der Waals surface area contributed by atoms with E-state index in [0.717, 1.165) is 18.5 Å². The van der Waals surface area contributed by atoms with Crippen LogP contribution in [0.2, 0.25) is 0 Å². The highest BCUT2D eigenvalue weighted by Gasteiger charge is 2.27. The molecular formula is C20H28N4O2S. The highest BCUT2D eigenvalue weighted by atomic mass is 32.1. The number of hydrogen-bond acceptors (Lipinski definition) is 3. The number of thiocarbonyl (C=S) groups is 1. The van der Waals surface area contributed by atoms with Crippen LogP contribution >= 0.6 is 12.2 Å². The van der Waals surface area contributed by atoms with Gasteiger partial charge in [-0.15, -0.1) is 0 Å². The van der Waals surface area contributed by atoms with E-state index in [2.05, 4.69) is 30.0 Å². The van der Waals surface area contributed by atoms with Crippen molar-refractivity contribution < 1.29 is 9.59 Å². The predicted molar refractivity (Wildman–Crippen MR) is 110 cm³/mol. The summed E-state index contributed by atoms with van der Waals surface area (Å²) in [5.41, 5.74) is 6.70. The van der Waals surface area contributed by atoms with Crippen LogP contribution in [-0.2, 0) is 4.79 Å². The van der Waals surface area contributed by atoms with Crippen molar-refractivity contribution in [3.8, 4) is 0 Å². The van der Waals surface area contributed by atoms with Crippen molar-refractivity contribution in [2.75, 3.05) is 11.4 Å². The minimum absolute atomic E-state index is 0.104. The molecule has 1 heterocycles. The van der Waals surface area contributed by atoms with E-state index in [9.17, 15) is 9.59 Å². The van der Waals surface area contributed by atoms with E-state index in [0.29, 0.717) is 41.5 Å². The quantitative estimate of drug-likeness (QED) is 0.548. The zero-order chi connectivity index (χ0) is 19.4. The first kappa shape index (κ1) is 19.6. The number of nitrogens with zero attached hydrogens (tertiary/aromatic N) is 1. The molecule has 3 rings (SSSR count). The fourth-order valence-electron chi connectivity index (χ4n) is 3.91. The average molecular weight is 389 g/mol. The molecule has 0 bridgehead atoms. The van der Waals surface area contributed by atoms with E-state index in [-0.39, 0.29) is 11.8 Å². The van der Waals surface area contributed by atoms with Crippen molar-refractivity contribution in [2.45, 2.75) is 52.0 Å². The lowest BCUT2D eigenvalue weighted by Crippen LogP contribution is -2.52. The zero-order valence-electron chi connectivity index (χ0n) is 16.0. The molecule has 1 saturated carbocycles. The number of carbonyl (C=O) groups excluding carboxylic acids is 2. The number of anilines is 1. The molecule has 1 aliphatic heterocycles. The van der Waals surface area contributed by atoms with Gasteiger partial charge < -0.3 is 10.2 Å². The van der Waals surface area contributed by atoms with Crippen molar-refractivity contribution >= 4 is 34.8 Å². The van der Waals surface area contributed by atoms with Crippen molar-refractivity contribution in [2.24, 2.45) is 11.8 Å². The van der Waals surface area contributed by atoms with Crippen LogP contribution < -0.4 is 21.1 Å². The summed E-state index contributed by atoms with van der Waals surface area (Å²) < 4.78 is 0. The molecule has 1 saturated heterocycles. The molecule has 2 fully saturated rings. The number of carbonyl (C=O) groups is 2. The third-order valence-corrected chi connectivity index (χ3v) is 6.03. The second-order valence-electron chi connectivity index (χ2n) is 7.63. The molecule has 0 unspecified atom stereocenters. The van der Waals surface area contributed by atoms with Crippen molar-refractivity contribution in [1.29, 1.82) is 0 Å². The SMILES string of the molecule is C[C@@H]1[C@H](C)CCC[C@H]1NC(=S)NNC(=O)c1cccc(N2CCCC2=O)c1. The zero-order valence-corrected chi connectivity index (χ0v) is 16.8. The number of rotatable bonds is 3. The van der Waals surface area contributed by atoms with Crippen molar-refractivity contribution in [1.82, 2.24) is 16.2 Å². The van der Waals surface area contributed by atoms with Gasteiger partial charge in [-0.25, -0.2) is 0 Å². The Balaban J connectivity index is 1.53. The van der Waals surface area contributed by atoms with Gasteiger partial charge in [0.05, 0.1) is 0 Å². The summed E-state index contributed by atoms with van der Waals surface area (Å²) in [5, 5.41) is 3.75. The predicted octanol–water partition coefficient (Wildman–Crippen LogP) is 2.75. The van der Waals surface area contributed by atoms with Gasteiger partial charge in [0.1, 0.15) is 0 Å². The van der Waals surface area contributed by atoms with E-state index in [1.807, 2.05) is 6.07 Å². The van der Waals surface area contributed by atoms with Crippen molar-refractivity contribution in [3.05, 3.63) is 29.8 Å². The largest absolute Gasteiger partial charge is 0.358 e. The number of amides is 2. The first-order valence-corrected chi connectivity index (χ1v) is 10.1. The Kier molecular flexibility index (Phi) is 6.31. The summed E-state index contributed by atoms with van der Waals surface area (Å²) in [6, 6.07) is 7.43. The molecule has 1 aliphatic carbocycles. The van der Waals surface area contributed by atoms with E-state index in [4.69, 9.17) is 12.2 Å². The van der Waals surface area contributed by atoms with Gasteiger partial charge in [-0.1, -0.05) is 32.8 Å². The van der Waals surface area contributed by atoms with Crippen LogP contribution in [0, 0.1) is 11.8 Å². The van der Waals surface area contributed by atoms with Crippen LogP contribution in [0.5, 0.6) is 0 Å². The van der Waals surface area contributed by atoms with Gasteiger partial charge in [-0.3, -0.25) is 20.4 Å². The lowest BCUT2D eigenvalue weighted by Gasteiger charge is -2.35. The summed E-state index contributed by atoms with van der Waals surface area (Å²) in [4.78, 5) is 26.1. The third kappa shape index (κ3) is 4.77. The molecule has 27 heavy (non-hydrogen) atoms. The second kappa shape index (κ2) is 8.69. The Morgan fingerprint density at radius 2 is 2.00 bits per heavy atom. The van der Waals surface area contributed by atoms with E-state index in [1.165, 1.54) is 12.8 Å². The first-order valence-electron chi connectivity index (χ1n) is 9.73.